The molecule has 0 aliphatic carbocycles. The first-order valence-electron chi connectivity index (χ1n) is 10.4. The summed E-state index contributed by atoms with van der Waals surface area (Å²) >= 11 is 0. The van der Waals surface area contributed by atoms with Gasteiger partial charge in [-0.05, 0) is 36.1 Å². The van der Waals surface area contributed by atoms with E-state index < -0.39 is 0 Å². The Morgan fingerprint density at radius 1 is 0.793 bits per heavy atom. The molecule has 0 atom stereocenters. The Balaban J connectivity index is 1.51. The highest BCUT2D eigenvalue weighted by Crippen LogP contribution is 2.22. The number of hydrogen-bond acceptors (Lipinski definition) is 3. The molecule has 0 saturated carbocycles. The fourth-order valence-corrected chi connectivity index (χ4v) is 3.02. The van der Waals surface area contributed by atoms with E-state index in [0.29, 0.717) is 19.1 Å². The number of hydrogen-bond donors (Lipinski definition) is 1. The van der Waals surface area contributed by atoms with Gasteiger partial charge in [-0.3, -0.25) is 0 Å². The molecule has 0 saturated heterocycles. The molecule has 0 radical (unpaired) electrons. The first-order chi connectivity index (χ1) is 14.2. The van der Waals surface area contributed by atoms with Gasteiger partial charge in [-0.25, -0.2) is 0 Å². The molecule has 0 fully saturated rings. The Labute approximate surface area is 174 Å². The van der Waals surface area contributed by atoms with Crippen LogP contribution in [0.25, 0.3) is 0 Å². The van der Waals surface area contributed by atoms with E-state index in [4.69, 9.17) is 9.47 Å². The molecular weight excluding hydrogens is 358 g/mol. The maximum absolute atomic E-state index is 5.99. The minimum atomic E-state index is 0.643. The summed E-state index contributed by atoms with van der Waals surface area (Å²) in [7, 11) is 0. The Hall–Kier alpha value is -2.94. The Morgan fingerprint density at radius 2 is 1.59 bits per heavy atom. The molecule has 0 amide bonds. The predicted octanol–water partition coefficient (Wildman–Crippen LogP) is 6.35. The van der Waals surface area contributed by atoms with Gasteiger partial charge >= 0.3 is 0 Å². The summed E-state index contributed by atoms with van der Waals surface area (Å²) in [5.74, 6) is 2.48. The molecule has 0 aliphatic heterocycles. The van der Waals surface area contributed by atoms with Crippen LogP contribution in [0.3, 0.4) is 0 Å². The van der Waals surface area contributed by atoms with Crippen LogP contribution in [0.1, 0.15) is 31.4 Å². The first kappa shape index (κ1) is 20.8. The Morgan fingerprint density at radius 3 is 2.41 bits per heavy atom. The van der Waals surface area contributed by atoms with Crippen molar-refractivity contribution in [3.63, 3.8) is 0 Å². The van der Waals surface area contributed by atoms with E-state index in [2.05, 4.69) is 61.6 Å². The van der Waals surface area contributed by atoms with E-state index in [1.165, 1.54) is 5.56 Å². The lowest BCUT2D eigenvalue weighted by Crippen LogP contribution is -2.06. The second-order valence-corrected chi connectivity index (χ2v) is 7.60. The summed E-state index contributed by atoms with van der Waals surface area (Å²) in [4.78, 5) is 0. The lowest BCUT2D eigenvalue weighted by atomic mass is 10.1. The molecule has 0 unspecified atom stereocenters. The quantitative estimate of drug-likeness (QED) is 0.415. The standard InChI is InChI=1S/C26H31NO2/c1-21(2)15-17-29-26-14-7-6-11-23(26)20-27-24-12-8-13-25(19-24)28-18-16-22-9-4-3-5-10-22/h3-14,19,21,27H,15-18,20H2,1-2H3. The summed E-state index contributed by atoms with van der Waals surface area (Å²) in [6.07, 6.45) is 1.96. The van der Waals surface area contributed by atoms with Gasteiger partial charge in [0.25, 0.3) is 0 Å². The Kier molecular flexibility index (Phi) is 8.00. The van der Waals surface area contributed by atoms with Crippen LogP contribution < -0.4 is 14.8 Å². The molecule has 0 heterocycles. The normalized spacial score (nSPS) is 10.7. The summed E-state index contributed by atoms with van der Waals surface area (Å²) in [6, 6.07) is 26.8. The van der Waals surface area contributed by atoms with Gasteiger partial charge in [0.15, 0.2) is 0 Å². The number of ether oxygens (including phenoxy) is 2. The number of para-hydroxylation sites is 1. The van der Waals surface area contributed by atoms with Crippen molar-refractivity contribution in [2.45, 2.75) is 33.2 Å². The maximum atomic E-state index is 5.99. The fraction of sp³-hybridized carbons (Fsp3) is 0.308. The number of rotatable bonds is 11. The predicted molar refractivity (Wildman–Crippen MR) is 121 cm³/mol. The van der Waals surface area contributed by atoms with Crippen molar-refractivity contribution in [3.05, 3.63) is 90.0 Å². The third kappa shape index (κ3) is 7.19. The third-order valence-electron chi connectivity index (χ3n) is 4.74. The summed E-state index contributed by atoms with van der Waals surface area (Å²) < 4.78 is 11.9. The highest BCUT2D eigenvalue weighted by Gasteiger charge is 2.05. The van der Waals surface area contributed by atoms with Crippen molar-refractivity contribution in [1.29, 1.82) is 0 Å². The molecule has 152 valence electrons. The van der Waals surface area contributed by atoms with Crippen LogP contribution in [0.5, 0.6) is 11.5 Å². The second-order valence-electron chi connectivity index (χ2n) is 7.60. The number of nitrogens with one attached hydrogen (secondary N) is 1. The van der Waals surface area contributed by atoms with Gasteiger partial charge in [0.1, 0.15) is 11.5 Å². The van der Waals surface area contributed by atoms with Crippen molar-refractivity contribution >= 4 is 5.69 Å². The number of anilines is 1. The van der Waals surface area contributed by atoms with Crippen molar-refractivity contribution in [2.75, 3.05) is 18.5 Å². The zero-order valence-corrected chi connectivity index (χ0v) is 17.4. The zero-order chi connectivity index (χ0) is 20.3. The summed E-state index contributed by atoms with van der Waals surface area (Å²) in [5, 5.41) is 3.49. The highest BCUT2D eigenvalue weighted by molar-refractivity contribution is 5.49. The zero-order valence-electron chi connectivity index (χ0n) is 17.4. The first-order valence-corrected chi connectivity index (χ1v) is 10.4. The van der Waals surface area contributed by atoms with Gasteiger partial charge in [-0.15, -0.1) is 0 Å². The van der Waals surface area contributed by atoms with Crippen molar-refractivity contribution in [2.24, 2.45) is 5.92 Å². The summed E-state index contributed by atoms with van der Waals surface area (Å²) in [6.45, 7) is 6.56. The topological polar surface area (TPSA) is 30.5 Å². The van der Waals surface area contributed by atoms with Gasteiger partial charge in [0.05, 0.1) is 13.2 Å². The molecule has 3 nitrogen and oxygen atoms in total. The van der Waals surface area contributed by atoms with Crippen LogP contribution in [0.15, 0.2) is 78.9 Å². The van der Waals surface area contributed by atoms with Crippen LogP contribution in [0, 0.1) is 5.92 Å². The lowest BCUT2D eigenvalue weighted by Gasteiger charge is -2.14. The van der Waals surface area contributed by atoms with E-state index in [-0.39, 0.29) is 0 Å². The van der Waals surface area contributed by atoms with Crippen LogP contribution in [-0.2, 0) is 13.0 Å². The molecule has 1 N–H and O–H groups in total. The molecule has 0 aliphatic rings. The minimum Gasteiger partial charge on any atom is -0.493 e. The second kappa shape index (κ2) is 11.2. The lowest BCUT2D eigenvalue weighted by molar-refractivity contribution is 0.287. The van der Waals surface area contributed by atoms with Gasteiger partial charge in [0.2, 0.25) is 0 Å². The average Bonchev–Trinajstić information content (AvgIpc) is 2.74. The van der Waals surface area contributed by atoms with Crippen LogP contribution in [0.2, 0.25) is 0 Å². The van der Waals surface area contributed by atoms with E-state index in [1.807, 2.05) is 36.4 Å². The van der Waals surface area contributed by atoms with Gasteiger partial charge in [-0.1, -0.05) is 68.4 Å². The largest absolute Gasteiger partial charge is 0.493 e. The van der Waals surface area contributed by atoms with Gasteiger partial charge < -0.3 is 14.8 Å². The SMILES string of the molecule is CC(C)CCOc1ccccc1CNc1cccc(OCCc2ccccc2)c1. The molecule has 3 aromatic carbocycles. The van der Waals surface area contributed by atoms with E-state index in [0.717, 1.165) is 42.2 Å². The average molecular weight is 390 g/mol. The highest BCUT2D eigenvalue weighted by atomic mass is 16.5. The van der Waals surface area contributed by atoms with E-state index in [9.17, 15) is 0 Å². The smallest absolute Gasteiger partial charge is 0.124 e. The molecule has 0 spiro atoms. The van der Waals surface area contributed by atoms with Crippen LogP contribution in [-0.4, -0.2) is 13.2 Å². The monoisotopic (exact) mass is 389 g/mol. The molecule has 0 bridgehead atoms. The van der Waals surface area contributed by atoms with Crippen LogP contribution >= 0.6 is 0 Å². The molecule has 29 heavy (non-hydrogen) atoms. The third-order valence-corrected chi connectivity index (χ3v) is 4.74. The van der Waals surface area contributed by atoms with Crippen molar-refractivity contribution < 1.29 is 9.47 Å². The van der Waals surface area contributed by atoms with Gasteiger partial charge in [-0.2, -0.15) is 0 Å². The molecule has 3 heteroatoms. The number of benzene rings is 3. The fourth-order valence-electron chi connectivity index (χ4n) is 3.02. The maximum Gasteiger partial charge on any atom is 0.124 e. The summed E-state index contributed by atoms with van der Waals surface area (Å²) in [5.41, 5.74) is 3.49. The van der Waals surface area contributed by atoms with Crippen molar-refractivity contribution in [3.8, 4) is 11.5 Å². The van der Waals surface area contributed by atoms with E-state index >= 15 is 0 Å². The van der Waals surface area contributed by atoms with Crippen molar-refractivity contribution in [1.82, 2.24) is 0 Å². The molecule has 3 aromatic rings. The molecular formula is C26H31NO2. The van der Waals surface area contributed by atoms with Gasteiger partial charge in [0, 0.05) is 30.3 Å². The Bertz CT molecular complexity index is 861. The van der Waals surface area contributed by atoms with E-state index in [1.54, 1.807) is 0 Å². The molecule has 0 aromatic heterocycles. The van der Waals surface area contributed by atoms with Crippen LogP contribution in [0.4, 0.5) is 5.69 Å². The minimum absolute atomic E-state index is 0.643. The molecule has 3 rings (SSSR count).